The van der Waals surface area contributed by atoms with Gasteiger partial charge in [0.1, 0.15) is 9.84 Å². The lowest BCUT2D eigenvalue weighted by Crippen LogP contribution is -2.29. The minimum Gasteiger partial charge on any atom is -0.356 e. The Hall–Kier alpha value is -0.760. The number of nitrogens with one attached hydrogen (secondary N) is 2. The number of amides is 2. The largest absolute Gasteiger partial charge is 0.356 e. The van der Waals surface area contributed by atoms with E-state index >= 15 is 0 Å². The van der Waals surface area contributed by atoms with E-state index in [1.165, 1.54) is 6.26 Å². The number of carbonyl (C=O) groups excluding carboxylic acids is 2. The highest BCUT2D eigenvalue weighted by Gasteiger charge is 2.03. The van der Waals surface area contributed by atoms with Crippen molar-refractivity contribution in [2.24, 2.45) is 0 Å². The molecule has 22 heavy (non-hydrogen) atoms. The lowest BCUT2D eigenvalue weighted by atomic mass is 10.3. The van der Waals surface area contributed by atoms with Gasteiger partial charge in [0.05, 0.1) is 5.75 Å². The summed E-state index contributed by atoms with van der Waals surface area (Å²) >= 11 is 1.56. The summed E-state index contributed by atoms with van der Waals surface area (Å²) in [5, 5.41) is 5.60. The molecule has 0 aromatic carbocycles. The van der Waals surface area contributed by atoms with E-state index in [0.29, 0.717) is 31.7 Å². The van der Waals surface area contributed by atoms with E-state index in [1.54, 1.807) is 11.8 Å². The van der Waals surface area contributed by atoms with Gasteiger partial charge in [-0.3, -0.25) is 9.59 Å². The number of hydrogen-bond acceptors (Lipinski definition) is 5. The molecule has 2 amide bonds. The minimum atomic E-state index is -2.89. The summed E-state index contributed by atoms with van der Waals surface area (Å²) in [6.07, 6.45) is 4.53. The average molecular weight is 353 g/mol. The summed E-state index contributed by atoms with van der Waals surface area (Å²) in [4.78, 5) is 22.7. The highest BCUT2D eigenvalue weighted by atomic mass is 32.2. The Kier molecular flexibility index (Phi) is 12.3. The van der Waals surface area contributed by atoms with Crippen molar-refractivity contribution < 1.29 is 18.0 Å². The zero-order chi connectivity index (χ0) is 16.8. The second kappa shape index (κ2) is 12.8. The third-order valence-corrected chi connectivity index (χ3v) is 5.04. The molecule has 0 saturated heterocycles. The zero-order valence-electron chi connectivity index (χ0n) is 13.5. The van der Waals surface area contributed by atoms with Crippen LogP contribution in [-0.2, 0) is 19.4 Å². The Morgan fingerprint density at radius 1 is 0.955 bits per heavy atom. The minimum absolute atomic E-state index is 0.00333. The molecule has 0 rings (SSSR count). The second-order valence-corrected chi connectivity index (χ2v) is 8.63. The first-order valence-electron chi connectivity index (χ1n) is 7.64. The van der Waals surface area contributed by atoms with Crippen molar-refractivity contribution in [3.8, 4) is 0 Å². The van der Waals surface area contributed by atoms with E-state index in [2.05, 4.69) is 10.6 Å². The molecule has 0 spiro atoms. The molecule has 0 saturated carbocycles. The Labute approximate surface area is 138 Å². The van der Waals surface area contributed by atoms with Crippen molar-refractivity contribution in [1.29, 1.82) is 0 Å². The number of hydrogen-bond donors (Lipinski definition) is 2. The maximum atomic E-state index is 11.5. The molecule has 2 N–H and O–H groups in total. The molecule has 0 aliphatic carbocycles. The van der Waals surface area contributed by atoms with E-state index in [0.717, 1.165) is 25.0 Å². The molecule has 8 heteroatoms. The highest BCUT2D eigenvalue weighted by Crippen LogP contribution is 2.05. The Bertz CT molecular complexity index is 425. The van der Waals surface area contributed by atoms with Gasteiger partial charge in [0.2, 0.25) is 11.8 Å². The van der Waals surface area contributed by atoms with Gasteiger partial charge < -0.3 is 10.6 Å². The van der Waals surface area contributed by atoms with Crippen LogP contribution < -0.4 is 10.6 Å². The zero-order valence-corrected chi connectivity index (χ0v) is 15.2. The van der Waals surface area contributed by atoms with Crippen LogP contribution in [0.1, 0.15) is 39.0 Å². The van der Waals surface area contributed by atoms with Crippen molar-refractivity contribution in [1.82, 2.24) is 10.6 Å². The Morgan fingerprint density at radius 2 is 1.55 bits per heavy atom. The third kappa shape index (κ3) is 15.6. The average Bonchev–Trinajstić information content (AvgIpc) is 2.41. The fourth-order valence-corrected chi connectivity index (χ4v) is 3.83. The Balaban J connectivity index is 3.38. The molecule has 0 aliphatic rings. The fourth-order valence-electron chi connectivity index (χ4n) is 1.59. The highest BCUT2D eigenvalue weighted by molar-refractivity contribution is 8.00. The van der Waals surface area contributed by atoms with Crippen molar-refractivity contribution in [2.75, 3.05) is 36.6 Å². The fraction of sp³-hybridized carbons (Fsp3) is 0.857. The third-order valence-electron chi connectivity index (χ3n) is 2.77. The van der Waals surface area contributed by atoms with Gasteiger partial charge in [-0.05, 0) is 25.0 Å². The molecular weight excluding hydrogens is 324 g/mol. The Morgan fingerprint density at radius 3 is 2.09 bits per heavy atom. The van der Waals surface area contributed by atoms with Gasteiger partial charge in [0, 0.05) is 37.9 Å². The normalized spacial score (nSPS) is 11.2. The van der Waals surface area contributed by atoms with Gasteiger partial charge in [0.15, 0.2) is 0 Å². The standard InChI is InChI=1S/C14H28N2O4S2/c1-3-6-13(17)15-8-5-9-16-14(18)7-4-10-21-11-12-22(2,19)20/h3-12H2,1-2H3,(H,15,17)(H,16,18). The van der Waals surface area contributed by atoms with Crippen LogP contribution in [0.4, 0.5) is 0 Å². The maximum absolute atomic E-state index is 11.5. The molecular formula is C14H28N2O4S2. The summed E-state index contributed by atoms with van der Waals surface area (Å²) in [6.45, 7) is 3.10. The van der Waals surface area contributed by atoms with Crippen LogP contribution in [-0.4, -0.2) is 56.8 Å². The van der Waals surface area contributed by atoms with Crippen molar-refractivity contribution in [3.05, 3.63) is 0 Å². The van der Waals surface area contributed by atoms with Gasteiger partial charge >= 0.3 is 0 Å². The van der Waals surface area contributed by atoms with Crippen LogP contribution in [0.15, 0.2) is 0 Å². The van der Waals surface area contributed by atoms with Crippen molar-refractivity contribution in [2.45, 2.75) is 39.0 Å². The van der Waals surface area contributed by atoms with E-state index in [-0.39, 0.29) is 17.6 Å². The van der Waals surface area contributed by atoms with E-state index < -0.39 is 9.84 Å². The van der Waals surface area contributed by atoms with Gasteiger partial charge in [-0.1, -0.05) is 6.92 Å². The van der Waals surface area contributed by atoms with E-state index in [9.17, 15) is 18.0 Å². The molecule has 0 bridgehead atoms. The van der Waals surface area contributed by atoms with Gasteiger partial charge in [-0.2, -0.15) is 11.8 Å². The molecule has 0 heterocycles. The monoisotopic (exact) mass is 352 g/mol. The molecule has 0 fully saturated rings. The first-order chi connectivity index (χ1) is 10.3. The van der Waals surface area contributed by atoms with E-state index in [4.69, 9.17) is 0 Å². The molecule has 130 valence electrons. The summed E-state index contributed by atoms with van der Waals surface area (Å²) in [5.41, 5.74) is 0. The quantitative estimate of drug-likeness (QED) is 0.482. The SMILES string of the molecule is CCCC(=O)NCCCNC(=O)CCCSCCS(C)(=O)=O. The summed E-state index contributed by atoms with van der Waals surface area (Å²) < 4.78 is 21.8. The van der Waals surface area contributed by atoms with E-state index in [1.807, 2.05) is 6.92 Å². The van der Waals surface area contributed by atoms with Gasteiger partial charge in [0.25, 0.3) is 0 Å². The lowest BCUT2D eigenvalue weighted by molar-refractivity contribution is -0.121. The number of rotatable bonds is 13. The second-order valence-electron chi connectivity index (χ2n) is 5.15. The van der Waals surface area contributed by atoms with Crippen LogP contribution in [0, 0.1) is 0 Å². The number of carbonyl (C=O) groups is 2. The van der Waals surface area contributed by atoms with Crippen LogP contribution in [0.25, 0.3) is 0 Å². The molecule has 0 radical (unpaired) electrons. The van der Waals surface area contributed by atoms with Crippen LogP contribution in [0.3, 0.4) is 0 Å². The number of thioether (sulfide) groups is 1. The molecule has 0 atom stereocenters. The van der Waals surface area contributed by atoms with Crippen molar-refractivity contribution >= 4 is 33.4 Å². The molecule has 0 aromatic heterocycles. The first kappa shape index (κ1) is 21.2. The predicted molar refractivity (Wildman–Crippen MR) is 91.8 cm³/mol. The topological polar surface area (TPSA) is 92.3 Å². The predicted octanol–water partition coefficient (Wildman–Crippen LogP) is 0.967. The smallest absolute Gasteiger partial charge is 0.220 e. The van der Waals surface area contributed by atoms with Crippen LogP contribution in [0.5, 0.6) is 0 Å². The number of sulfone groups is 1. The molecule has 0 aromatic rings. The van der Waals surface area contributed by atoms with Gasteiger partial charge in [-0.25, -0.2) is 8.42 Å². The maximum Gasteiger partial charge on any atom is 0.220 e. The summed E-state index contributed by atoms with van der Waals surface area (Å²) in [7, 11) is -2.89. The van der Waals surface area contributed by atoms with Gasteiger partial charge in [-0.15, -0.1) is 0 Å². The molecule has 0 aliphatic heterocycles. The lowest BCUT2D eigenvalue weighted by Gasteiger charge is -2.06. The molecule has 0 unspecified atom stereocenters. The van der Waals surface area contributed by atoms with Crippen molar-refractivity contribution in [3.63, 3.8) is 0 Å². The van der Waals surface area contributed by atoms with Crippen LogP contribution >= 0.6 is 11.8 Å². The molecule has 6 nitrogen and oxygen atoms in total. The van der Waals surface area contributed by atoms with Crippen LogP contribution in [0.2, 0.25) is 0 Å². The first-order valence-corrected chi connectivity index (χ1v) is 10.9. The summed E-state index contributed by atoms with van der Waals surface area (Å²) in [6, 6.07) is 0. The summed E-state index contributed by atoms with van der Waals surface area (Å²) in [5.74, 6) is 1.62.